The highest BCUT2D eigenvalue weighted by atomic mass is 16.5. The van der Waals surface area contributed by atoms with Gasteiger partial charge in [0.2, 0.25) is 5.75 Å². The molecule has 37 heavy (non-hydrogen) atoms. The molecule has 0 bridgehead atoms. The molecule has 0 amide bonds. The van der Waals surface area contributed by atoms with Crippen LogP contribution in [0.1, 0.15) is 71.8 Å². The molecule has 1 N–H and O–H groups in total. The van der Waals surface area contributed by atoms with Gasteiger partial charge >= 0.3 is 0 Å². The lowest BCUT2D eigenvalue weighted by molar-refractivity contribution is 0.274. The Bertz CT molecular complexity index is 1240. The van der Waals surface area contributed by atoms with Crippen LogP contribution in [0.4, 0.5) is 0 Å². The van der Waals surface area contributed by atoms with E-state index in [0.717, 1.165) is 49.5 Å². The Hall–Kier alpha value is -3.47. The summed E-state index contributed by atoms with van der Waals surface area (Å²) in [5.74, 6) is 1.41. The summed E-state index contributed by atoms with van der Waals surface area (Å²) in [5.41, 5.74) is 4.03. The van der Waals surface area contributed by atoms with Crippen molar-refractivity contribution in [1.82, 2.24) is 4.98 Å². The molecule has 1 heterocycles. The van der Waals surface area contributed by atoms with Gasteiger partial charge in [-0.3, -0.25) is 4.79 Å². The van der Waals surface area contributed by atoms with Crippen LogP contribution in [0.5, 0.6) is 17.2 Å². The normalized spacial score (nSPS) is 11.4. The van der Waals surface area contributed by atoms with Gasteiger partial charge in [-0.25, -0.2) is 0 Å². The number of hydrogen-bond acceptors (Lipinski definition) is 4. The second-order valence-corrected chi connectivity index (χ2v) is 9.68. The quantitative estimate of drug-likeness (QED) is 0.168. The number of ether oxygens (including phenoxy) is 3. The molecule has 5 nitrogen and oxygen atoms in total. The minimum Gasteiger partial charge on any atom is -0.489 e. The Balaban J connectivity index is 1.81. The molecule has 0 atom stereocenters. The maximum atomic E-state index is 13.0. The highest BCUT2D eigenvalue weighted by Crippen LogP contribution is 2.34. The van der Waals surface area contributed by atoms with E-state index in [1.165, 1.54) is 11.1 Å². The zero-order valence-corrected chi connectivity index (χ0v) is 22.8. The first-order chi connectivity index (χ1) is 18.0. The molecule has 5 heteroatoms. The highest BCUT2D eigenvalue weighted by molar-refractivity contribution is 5.88. The molecule has 1 aromatic heterocycles. The fourth-order valence-electron chi connectivity index (χ4n) is 4.00. The first-order valence-electron chi connectivity index (χ1n) is 13.4. The maximum absolute atomic E-state index is 13.0. The van der Waals surface area contributed by atoms with Gasteiger partial charge in [-0.1, -0.05) is 73.7 Å². The average molecular weight is 504 g/mol. The highest BCUT2D eigenvalue weighted by Gasteiger charge is 2.16. The standard InChI is InChI=1S/C32H41NO4/c1-5-6-7-11-20-35-31-30(36-21-19-25(4)14-12-13-24(2)3)28-18-17-27(22-29(28)33-32(31)34)37-23-26-15-9-8-10-16-26/h8-10,13,15-19,22H,5-7,11-12,14,20-21,23H2,1-4H3,(H,33,34)/b25-19+. The Morgan fingerprint density at radius 3 is 2.46 bits per heavy atom. The van der Waals surface area contributed by atoms with Crippen LogP contribution in [0.15, 0.2) is 76.6 Å². The van der Waals surface area contributed by atoms with Crippen LogP contribution in [0, 0.1) is 0 Å². The number of aromatic nitrogens is 1. The molecule has 0 saturated carbocycles. The minimum atomic E-state index is -0.289. The Morgan fingerprint density at radius 1 is 0.892 bits per heavy atom. The molecule has 0 saturated heterocycles. The molecular formula is C32H41NO4. The van der Waals surface area contributed by atoms with Crippen molar-refractivity contribution >= 4 is 10.9 Å². The first kappa shape index (κ1) is 28.1. The van der Waals surface area contributed by atoms with Gasteiger partial charge in [-0.2, -0.15) is 0 Å². The summed E-state index contributed by atoms with van der Waals surface area (Å²) in [4.78, 5) is 16.0. The third kappa shape index (κ3) is 9.16. The summed E-state index contributed by atoms with van der Waals surface area (Å²) in [6, 6.07) is 15.7. The number of rotatable bonds is 15. The van der Waals surface area contributed by atoms with E-state index in [9.17, 15) is 4.79 Å². The third-order valence-electron chi connectivity index (χ3n) is 6.14. The van der Waals surface area contributed by atoms with Gasteiger partial charge in [0.25, 0.3) is 5.56 Å². The van der Waals surface area contributed by atoms with Crippen molar-refractivity contribution in [3.05, 3.63) is 87.7 Å². The smallest absolute Gasteiger partial charge is 0.294 e. The molecule has 0 fully saturated rings. The summed E-state index contributed by atoms with van der Waals surface area (Å²) in [5, 5.41) is 0.797. The van der Waals surface area contributed by atoms with Gasteiger partial charge < -0.3 is 19.2 Å². The van der Waals surface area contributed by atoms with Crippen LogP contribution < -0.4 is 19.8 Å². The van der Waals surface area contributed by atoms with Crippen LogP contribution in [0.3, 0.4) is 0 Å². The Labute approximate surface area is 221 Å². The first-order valence-corrected chi connectivity index (χ1v) is 13.4. The lowest BCUT2D eigenvalue weighted by Crippen LogP contribution is -2.15. The van der Waals surface area contributed by atoms with E-state index in [4.69, 9.17) is 14.2 Å². The van der Waals surface area contributed by atoms with Gasteiger partial charge in [0, 0.05) is 11.5 Å². The van der Waals surface area contributed by atoms with E-state index in [2.05, 4.69) is 44.8 Å². The van der Waals surface area contributed by atoms with Gasteiger partial charge in [0.1, 0.15) is 19.0 Å². The molecule has 0 unspecified atom stereocenters. The summed E-state index contributed by atoms with van der Waals surface area (Å²) in [7, 11) is 0. The molecule has 0 aliphatic heterocycles. The van der Waals surface area contributed by atoms with Crippen LogP contribution in [-0.2, 0) is 6.61 Å². The number of pyridine rings is 1. The van der Waals surface area contributed by atoms with Gasteiger partial charge in [-0.15, -0.1) is 0 Å². The predicted octanol–water partition coefficient (Wildman–Crippen LogP) is 8.14. The average Bonchev–Trinajstić information content (AvgIpc) is 2.88. The summed E-state index contributed by atoms with van der Waals surface area (Å²) in [6.45, 7) is 9.83. The molecule has 3 aromatic rings. The fraction of sp³-hybridized carbons (Fsp3) is 0.406. The fourth-order valence-corrected chi connectivity index (χ4v) is 4.00. The van der Waals surface area contributed by atoms with E-state index < -0.39 is 0 Å². The number of allylic oxidation sites excluding steroid dienone is 3. The SMILES string of the molecule is CCCCCCOc1c(OC/C=C(\C)CCC=C(C)C)c2ccc(OCc3ccccc3)cc2[nH]c1=O. The lowest BCUT2D eigenvalue weighted by Gasteiger charge is -2.15. The number of hydrogen-bond donors (Lipinski definition) is 1. The minimum absolute atomic E-state index is 0.248. The van der Waals surface area contributed by atoms with E-state index in [-0.39, 0.29) is 11.3 Å². The van der Waals surface area contributed by atoms with Crippen LogP contribution in [0.2, 0.25) is 0 Å². The molecule has 2 aromatic carbocycles. The van der Waals surface area contributed by atoms with Gasteiger partial charge in [-0.05, 0) is 63.8 Å². The zero-order chi connectivity index (χ0) is 26.5. The van der Waals surface area contributed by atoms with Crippen LogP contribution >= 0.6 is 0 Å². The zero-order valence-electron chi connectivity index (χ0n) is 22.8. The summed E-state index contributed by atoms with van der Waals surface area (Å²) in [6.07, 6.45) is 10.6. The van der Waals surface area contributed by atoms with Crippen LogP contribution in [-0.4, -0.2) is 18.2 Å². The second-order valence-electron chi connectivity index (χ2n) is 9.68. The number of fused-ring (bicyclic) bond motifs is 1. The van der Waals surface area contributed by atoms with Crippen molar-refractivity contribution in [2.75, 3.05) is 13.2 Å². The van der Waals surface area contributed by atoms with E-state index in [0.29, 0.717) is 36.8 Å². The Morgan fingerprint density at radius 2 is 1.70 bits per heavy atom. The van der Waals surface area contributed by atoms with Gasteiger partial charge in [0.15, 0.2) is 5.75 Å². The van der Waals surface area contributed by atoms with Crippen molar-refractivity contribution in [2.24, 2.45) is 0 Å². The van der Waals surface area contributed by atoms with E-state index >= 15 is 0 Å². The summed E-state index contributed by atoms with van der Waals surface area (Å²) >= 11 is 0. The third-order valence-corrected chi connectivity index (χ3v) is 6.14. The monoisotopic (exact) mass is 503 g/mol. The maximum Gasteiger partial charge on any atom is 0.294 e. The largest absolute Gasteiger partial charge is 0.489 e. The van der Waals surface area contributed by atoms with E-state index in [1.807, 2.05) is 48.5 Å². The predicted molar refractivity (Wildman–Crippen MR) is 153 cm³/mol. The molecular weight excluding hydrogens is 462 g/mol. The Kier molecular flexibility index (Phi) is 11.3. The number of aromatic amines is 1. The van der Waals surface area contributed by atoms with E-state index in [1.54, 1.807) is 0 Å². The lowest BCUT2D eigenvalue weighted by atomic mass is 10.1. The van der Waals surface area contributed by atoms with Crippen molar-refractivity contribution in [2.45, 2.75) is 72.8 Å². The number of nitrogens with one attached hydrogen (secondary N) is 1. The number of unbranched alkanes of at least 4 members (excludes halogenated alkanes) is 3. The molecule has 198 valence electrons. The van der Waals surface area contributed by atoms with Crippen molar-refractivity contribution in [3.8, 4) is 17.2 Å². The second kappa shape index (κ2) is 14.9. The molecule has 0 aliphatic rings. The van der Waals surface area contributed by atoms with Crippen molar-refractivity contribution in [1.29, 1.82) is 0 Å². The van der Waals surface area contributed by atoms with Gasteiger partial charge in [0.05, 0.1) is 12.1 Å². The number of H-pyrrole nitrogens is 1. The summed E-state index contributed by atoms with van der Waals surface area (Å²) < 4.78 is 18.1. The topological polar surface area (TPSA) is 60.6 Å². The van der Waals surface area contributed by atoms with Crippen molar-refractivity contribution in [3.63, 3.8) is 0 Å². The van der Waals surface area contributed by atoms with Crippen LogP contribution in [0.25, 0.3) is 10.9 Å². The molecule has 0 radical (unpaired) electrons. The molecule has 0 aliphatic carbocycles. The van der Waals surface area contributed by atoms with Crippen molar-refractivity contribution < 1.29 is 14.2 Å². The number of benzene rings is 2. The molecule has 3 rings (SSSR count). The molecule has 0 spiro atoms.